The summed E-state index contributed by atoms with van der Waals surface area (Å²) >= 11 is 0. The standard InChI is InChI=1S/C11H17N3O/c1-9(15)11(12)8-14(13)7-10-5-3-2-4-6-10/h2-6,8-9,15H,7,12-13H2,1H3/b11-8-. The van der Waals surface area contributed by atoms with Crippen LogP contribution in [0, 0.1) is 0 Å². The Bertz CT molecular complexity index is 322. The van der Waals surface area contributed by atoms with Crippen LogP contribution in [0.5, 0.6) is 0 Å². The molecule has 0 spiro atoms. The summed E-state index contributed by atoms with van der Waals surface area (Å²) in [5.74, 6) is 5.71. The molecule has 0 saturated heterocycles. The van der Waals surface area contributed by atoms with Crippen molar-refractivity contribution in [1.29, 1.82) is 0 Å². The van der Waals surface area contributed by atoms with Crippen molar-refractivity contribution in [3.8, 4) is 0 Å². The molecule has 1 atom stereocenters. The first-order valence-electron chi connectivity index (χ1n) is 4.80. The first-order valence-corrected chi connectivity index (χ1v) is 4.80. The molecule has 0 aliphatic carbocycles. The van der Waals surface area contributed by atoms with Crippen LogP contribution in [0.15, 0.2) is 42.2 Å². The van der Waals surface area contributed by atoms with Crippen molar-refractivity contribution >= 4 is 0 Å². The summed E-state index contributed by atoms with van der Waals surface area (Å²) in [5, 5.41) is 10.6. The summed E-state index contributed by atoms with van der Waals surface area (Å²) in [7, 11) is 0. The third-order valence-corrected chi connectivity index (χ3v) is 2.01. The average Bonchev–Trinajstić information content (AvgIpc) is 2.18. The zero-order valence-corrected chi connectivity index (χ0v) is 8.80. The van der Waals surface area contributed by atoms with Gasteiger partial charge in [-0.05, 0) is 12.5 Å². The smallest absolute Gasteiger partial charge is 0.0919 e. The normalized spacial score (nSPS) is 13.7. The van der Waals surface area contributed by atoms with Gasteiger partial charge in [0, 0.05) is 6.20 Å². The summed E-state index contributed by atoms with van der Waals surface area (Å²) < 4.78 is 0. The average molecular weight is 207 g/mol. The highest BCUT2D eigenvalue weighted by atomic mass is 16.3. The second-order valence-corrected chi connectivity index (χ2v) is 3.46. The number of aliphatic hydroxyl groups is 1. The van der Waals surface area contributed by atoms with Crippen LogP contribution in [0.25, 0.3) is 0 Å². The Balaban J connectivity index is 2.57. The minimum atomic E-state index is -0.674. The molecule has 0 aliphatic heterocycles. The molecule has 1 aromatic carbocycles. The Kier molecular flexibility index (Phi) is 4.15. The predicted molar refractivity (Wildman–Crippen MR) is 60.1 cm³/mol. The fourth-order valence-electron chi connectivity index (χ4n) is 1.14. The third-order valence-electron chi connectivity index (χ3n) is 2.01. The van der Waals surface area contributed by atoms with E-state index in [-0.39, 0.29) is 0 Å². The molecule has 0 bridgehead atoms. The van der Waals surface area contributed by atoms with Crippen molar-refractivity contribution in [3.05, 3.63) is 47.8 Å². The SMILES string of the molecule is CC(O)/C(N)=C/N(N)Cc1ccccc1. The molecular formula is C11H17N3O. The number of nitrogens with two attached hydrogens (primary N) is 2. The van der Waals surface area contributed by atoms with Crippen LogP contribution < -0.4 is 11.6 Å². The van der Waals surface area contributed by atoms with E-state index >= 15 is 0 Å². The zero-order chi connectivity index (χ0) is 11.3. The Labute approximate surface area is 89.8 Å². The van der Waals surface area contributed by atoms with Crippen LogP contribution in [0.2, 0.25) is 0 Å². The van der Waals surface area contributed by atoms with Crippen LogP contribution in [0.4, 0.5) is 0 Å². The Morgan fingerprint density at radius 2 is 2.07 bits per heavy atom. The summed E-state index contributed by atoms with van der Waals surface area (Å²) in [6, 6.07) is 9.80. The first-order chi connectivity index (χ1) is 7.09. The van der Waals surface area contributed by atoms with E-state index in [0.29, 0.717) is 12.2 Å². The monoisotopic (exact) mass is 207 g/mol. The molecule has 0 amide bonds. The van der Waals surface area contributed by atoms with Crippen molar-refractivity contribution in [2.75, 3.05) is 0 Å². The van der Waals surface area contributed by atoms with Gasteiger partial charge in [0.15, 0.2) is 0 Å². The molecule has 1 unspecified atom stereocenters. The lowest BCUT2D eigenvalue weighted by atomic mass is 10.2. The van der Waals surface area contributed by atoms with Crippen molar-refractivity contribution in [2.45, 2.75) is 19.6 Å². The number of rotatable bonds is 4. The van der Waals surface area contributed by atoms with E-state index in [1.165, 1.54) is 11.2 Å². The molecule has 82 valence electrons. The number of hydrogen-bond donors (Lipinski definition) is 3. The van der Waals surface area contributed by atoms with Crippen LogP contribution in [0.1, 0.15) is 12.5 Å². The maximum Gasteiger partial charge on any atom is 0.0919 e. The van der Waals surface area contributed by atoms with Crippen molar-refractivity contribution in [1.82, 2.24) is 5.01 Å². The number of nitrogens with zero attached hydrogens (tertiary/aromatic N) is 1. The van der Waals surface area contributed by atoms with Gasteiger partial charge in [-0.3, -0.25) is 0 Å². The molecule has 4 heteroatoms. The maximum atomic E-state index is 9.16. The van der Waals surface area contributed by atoms with Gasteiger partial charge in [-0.2, -0.15) is 0 Å². The topological polar surface area (TPSA) is 75.5 Å². The minimum Gasteiger partial charge on any atom is -0.399 e. The van der Waals surface area contributed by atoms with Gasteiger partial charge < -0.3 is 15.8 Å². The van der Waals surface area contributed by atoms with E-state index in [1.807, 2.05) is 30.3 Å². The maximum absolute atomic E-state index is 9.16. The highest BCUT2D eigenvalue weighted by molar-refractivity contribution is 5.15. The van der Waals surface area contributed by atoms with Crippen molar-refractivity contribution < 1.29 is 5.11 Å². The van der Waals surface area contributed by atoms with Gasteiger partial charge in [-0.1, -0.05) is 30.3 Å². The second-order valence-electron chi connectivity index (χ2n) is 3.46. The number of aliphatic hydroxyl groups excluding tert-OH is 1. The number of hydrogen-bond acceptors (Lipinski definition) is 4. The highest BCUT2D eigenvalue weighted by Gasteiger charge is 2.01. The Morgan fingerprint density at radius 1 is 1.47 bits per heavy atom. The fourth-order valence-corrected chi connectivity index (χ4v) is 1.14. The second kappa shape index (κ2) is 5.38. The first kappa shape index (κ1) is 11.6. The van der Waals surface area contributed by atoms with Crippen LogP contribution in [0.3, 0.4) is 0 Å². The van der Waals surface area contributed by atoms with Crippen LogP contribution >= 0.6 is 0 Å². The Morgan fingerprint density at radius 3 is 2.60 bits per heavy atom. The quantitative estimate of drug-likeness (QED) is 0.497. The zero-order valence-electron chi connectivity index (χ0n) is 8.80. The highest BCUT2D eigenvalue weighted by Crippen LogP contribution is 2.02. The number of hydrazine groups is 1. The van der Waals surface area contributed by atoms with E-state index in [4.69, 9.17) is 16.7 Å². The molecule has 0 heterocycles. The molecule has 0 aliphatic rings. The van der Waals surface area contributed by atoms with Gasteiger partial charge in [0.1, 0.15) is 0 Å². The van der Waals surface area contributed by atoms with E-state index in [1.54, 1.807) is 6.92 Å². The molecule has 0 fully saturated rings. The van der Waals surface area contributed by atoms with E-state index in [0.717, 1.165) is 5.56 Å². The molecular weight excluding hydrogens is 190 g/mol. The lowest BCUT2D eigenvalue weighted by Gasteiger charge is -2.15. The van der Waals surface area contributed by atoms with Gasteiger partial charge >= 0.3 is 0 Å². The fraction of sp³-hybridized carbons (Fsp3) is 0.273. The van der Waals surface area contributed by atoms with Crippen LogP contribution in [-0.2, 0) is 6.54 Å². The van der Waals surface area contributed by atoms with Crippen molar-refractivity contribution in [3.63, 3.8) is 0 Å². The van der Waals surface area contributed by atoms with E-state index in [9.17, 15) is 0 Å². The molecule has 0 aromatic heterocycles. The lowest BCUT2D eigenvalue weighted by Crippen LogP contribution is -2.28. The van der Waals surface area contributed by atoms with Crippen molar-refractivity contribution in [2.24, 2.45) is 11.6 Å². The third kappa shape index (κ3) is 4.01. The summed E-state index contributed by atoms with van der Waals surface area (Å²) in [4.78, 5) is 0. The molecule has 15 heavy (non-hydrogen) atoms. The van der Waals surface area contributed by atoms with Gasteiger partial charge in [0.05, 0.1) is 18.3 Å². The molecule has 0 radical (unpaired) electrons. The van der Waals surface area contributed by atoms with Gasteiger partial charge in [-0.25, -0.2) is 5.84 Å². The van der Waals surface area contributed by atoms with E-state index < -0.39 is 6.10 Å². The Hall–Kier alpha value is -1.52. The molecule has 0 saturated carbocycles. The summed E-state index contributed by atoms with van der Waals surface area (Å²) in [6.07, 6.45) is 0.865. The van der Waals surface area contributed by atoms with Gasteiger partial charge in [-0.15, -0.1) is 0 Å². The molecule has 4 nitrogen and oxygen atoms in total. The lowest BCUT2D eigenvalue weighted by molar-refractivity contribution is 0.224. The van der Waals surface area contributed by atoms with Gasteiger partial charge in [0.2, 0.25) is 0 Å². The molecule has 5 N–H and O–H groups in total. The molecule has 1 aromatic rings. The summed E-state index contributed by atoms with van der Waals surface area (Å²) in [5.41, 5.74) is 7.01. The van der Waals surface area contributed by atoms with Crippen LogP contribution in [-0.4, -0.2) is 16.2 Å². The predicted octanol–water partition coefficient (Wildman–Crippen LogP) is 0.543. The van der Waals surface area contributed by atoms with E-state index in [2.05, 4.69) is 0 Å². The van der Waals surface area contributed by atoms with Gasteiger partial charge in [0.25, 0.3) is 0 Å². The largest absolute Gasteiger partial charge is 0.399 e. The molecule has 1 rings (SSSR count). The summed E-state index contributed by atoms with van der Waals surface area (Å²) in [6.45, 7) is 2.16. The minimum absolute atomic E-state index is 0.355. The number of benzene rings is 1.